The Morgan fingerprint density at radius 3 is 2.31 bits per heavy atom. The van der Waals surface area contributed by atoms with E-state index < -0.39 is 0 Å². The van der Waals surface area contributed by atoms with Crippen LogP contribution in [0.25, 0.3) is 0 Å². The minimum atomic E-state index is 0.588. The van der Waals surface area contributed by atoms with Crippen molar-refractivity contribution < 1.29 is 0 Å². The first kappa shape index (κ1) is 10.6. The minimum Gasteiger partial charge on any atom is -0.336 e. The van der Waals surface area contributed by atoms with Crippen LogP contribution >= 0.6 is 24.4 Å². The van der Waals surface area contributed by atoms with E-state index in [1.54, 1.807) is 0 Å². The molecule has 13 heavy (non-hydrogen) atoms. The first-order chi connectivity index (χ1) is 6.00. The first-order valence-corrected chi connectivity index (χ1v) is 4.79. The van der Waals surface area contributed by atoms with E-state index in [1.807, 2.05) is 21.0 Å². The molecular formula is C8H13N3S2. The number of hydrogen-bond acceptors (Lipinski definition) is 3. The number of rotatable bonds is 2. The smallest absolute Gasteiger partial charge is 0.175 e. The molecule has 1 rings (SSSR count). The molecule has 1 aromatic rings. The molecular weight excluding hydrogens is 202 g/mol. The molecule has 5 heteroatoms. The average molecular weight is 215 g/mol. The van der Waals surface area contributed by atoms with Gasteiger partial charge in [-0.1, -0.05) is 12.2 Å². The zero-order valence-corrected chi connectivity index (χ0v) is 9.60. The zero-order chi connectivity index (χ0) is 10.0. The summed E-state index contributed by atoms with van der Waals surface area (Å²) >= 11 is 10.1. The summed E-state index contributed by atoms with van der Waals surface area (Å²) in [6, 6.07) is 0. The number of aryl methyl sites for hydroxylation is 1. The van der Waals surface area contributed by atoms with Gasteiger partial charge in [0.25, 0.3) is 0 Å². The van der Waals surface area contributed by atoms with E-state index in [2.05, 4.69) is 14.9 Å². The maximum atomic E-state index is 5.18. The van der Waals surface area contributed by atoms with Gasteiger partial charge in [-0.3, -0.25) is 0 Å². The van der Waals surface area contributed by atoms with E-state index in [0.29, 0.717) is 4.77 Å². The Bertz CT molecular complexity index is 403. The Kier molecular flexibility index (Phi) is 3.35. The number of H-pyrrole nitrogens is 2. The predicted molar refractivity (Wildman–Crippen MR) is 58.9 cm³/mol. The van der Waals surface area contributed by atoms with Crippen LogP contribution in [0.3, 0.4) is 0 Å². The second-order valence-corrected chi connectivity index (χ2v) is 4.07. The number of nitrogens with zero attached hydrogens (tertiary/aromatic N) is 1. The SMILES string of the molecule is Cc1[nH]c(=S)[nH]c(=S)c1CN(C)C. The van der Waals surface area contributed by atoms with Crippen molar-refractivity contribution in [3.63, 3.8) is 0 Å². The van der Waals surface area contributed by atoms with Crippen molar-refractivity contribution in [3.05, 3.63) is 20.7 Å². The molecule has 2 N–H and O–H groups in total. The van der Waals surface area contributed by atoms with Gasteiger partial charge in [0.15, 0.2) is 4.77 Å². The van der Waals surface area contributed by atoms with Crippen LogP contribution in [-0.2, 0) is 6.54 Å². The van der Waals surface area contributed by atoms with Crippen LogP contribution in [-0.4, -0.2) is 29.0 Å². The lowest BCUT2D eigenvalue weighted by Crippen LogP contribution is -2.13. The van der Waals surface area contributed by atoms with E-state index in [-0.39, 0.29) is 0 Å². The summed E-state index contributed by atoms with van der Waals surface area (Å²) in [4.78, 5) is 8.06. The third-order valence-electron chi connectivity index (χ3n) is 1.73. The third kappa shape index (κ3) is 2.72. The van der Waals surface area contributed by atoms with E-state index >= 15 is 0 Å². The zero-order valence-electron chi connectivity index (χ0n) is 7.97. The van der Waals surface area contributed by atoms with E-state index in [1.165, 1.54) is 0 Å². The van der Waals surface area contributed by atoms with Gasteiger partial charge in [-0.2, -0.15) is 0 Å². The standard InChI is InChI=1S/C8H13N3S2/c1-5-6(4-11(2)3)7(12)10-8(13)9-5/h4H2,1-3H3,(H2,9,10,12,13). The average Bonchev–Trinajstić information content (AvgIpc) is 1.96. The van der Waals surface area contributed by atoms with Crippen LogP contribution < -0.4 is 0 Å². The summed E-state index contributed by atoms with van der Waals surface area (Å²) in [5, 5.41) is 0. The highest BCUT2D eigenvalue weighted by molar-refractivity contribution is 7.72. The van der Waals surface area contributed by atoms with Crippen molar-refractivity contribution in [3.8, 4) is 0 Å². The van der Waals surface area contributed by atoms with Crippen LogP contribution in [0.5, 0.6) is 0 Å². The highest BCUT2D eigenvalue weighted by Gasteiger charge is 2.02. The van der Waals surface area contributed by atoms with Crippen molar-refractivity contribution in [1.82, 2.24) is 14.9 Å². The maximum Gasteiger partial charge on any atom is 0.175 e. The summed E-state index contributed by atoms with van der Waals surface area (Å²) in [5.41, 5.74) is 2.15. The van der Waals surface area contributed by atoms with E-state index in [0.717, 1.165) is 22.4 Å². The molecule has 0 radical (unpaired) electrons. The monoisotopic (exact) mass is 215 g/mol. The molecule has 0 aliphatic rings. The highest BCUT2D eigenvalue weighted by Crippen LogP contribution is 2.07. The van der Waals surface area contributed by atoms with Gasteiger partial charge in [0, 0.05) is 17.8 Å². The van der Waals surface area contributed by atoms with Crippen LogP contribution in [0.2, 0.25) is 0 Å². The molecule has 1 heterocycles. The first-order valence-electron chi connectivity index (χ1n) is 3.97. The lowest BCUT2D eigenvalue weighted by Gasteiger charge is -2.11. The molecule has 0 aliphatic carbocycles. The van der Waals surface area contributed by atoms with Crippen LogP contribution in [0.1, 0.15) is 11.3 Å². The molecule has 0 spiro atoms. The van der Waals surface area contributed by atoms with E-state index in [9.17, 15) is 0 Å². The molecule has 0 saturated carbocycles. The van der Waals surface area contributed by atoms with Gasteiger partial charge in [0.2, 0.25) is 0 Å². The Hall–Kier alpha value is -0.520. The Labute approximate surface area is 87.8 Å². The predicted octanol–water partition coefficient (Wildman–Crippen LogP) is 2.17. The molecule has 0 amide bonds. The fourth-order valence-electron chi connectivity index (χ4n) is 1.13. The summed E-state index contributed by atoms with van der Waals surface area (Å²) in [5.74, 6) is 0. The van der Waals surface area contributed by atoms with Gasteiger partial charge in [-0.05, 0) is 33.2 Å². The molecule has 1 aromatic heterocycles. The minimum absolute atomic E-state index is 0.588. The fraction of sp³-hybridized carbons (Fsp3) is 0.500. The molecule has 0 saturated heterocycles. The maximum absolute atomic E-state index is 5.18. The second-order valence-electron chi connectivity index (χ2n) is 3.25. The molecule has 0 unspecified atom stereocenters. The van der Waals surface area contributed by atoms with Crippen molar-refractivity contribution in [1.29, 1.82) is 0 Å². The number of nitrogens with one attached hydrogen (secondary N) is 2. The van der Waals surface area contributed by atoms with Crippen molar-refractivity contribution in [2.75, 3.05) is 14.1 Å². The van der Waals surface area contributed by atoms with Crippen molar-refractivity contribution in [2.24, 2.45) is 0 Å². The number of hydrogen-bond donors (Lipinski definition) is 2. The largest absolute Gasteiger partial charge is 0.336 e. The van der Waals surface area contributed by atoms with Gasteiger partial charge in [-0.25, -0.2) is 0 Å². The molecule has 0 aromatic carbocycles. The molecule has 72 valence electrons. The lowest BCUT2D eigenvalue weighted by molar-refractivity contribution is 0.399. The second kappa shape index (κ2) is 4.13. The van der Waals surface area contributed by atoms with E-state index in [4.69, 9.17) is 24.4 Å². The number of aromatic nitrogens is 2. The van der Waals surface area contributed by atoms with Gasteiger partial charge >= 0.3 is 0 Å². The van der Waals surface area contributed by atoms with Crippen molar-refractivity contribution in [2.45, 2.75) is 13.5 Å². The molecule has 0 fully saturated rings. The van der Waals surface area contributed by atoms with Crippen molar-refractivity contribution >= 4 is 24.4 Å². The lowest BCUT2D eigenvalue weighted by atomic mass is 10.2. The summed E-state index contributed by atoms with van der Waals surface area (Å²) in [6.07, 6.45) is 0. The Morgan fingerprint density at radius 2 is 1.85 bits per heavy atom. The fourth-order valence-corrected chi connectivity index (χ4v) is 1.77. The van der Waals surface area contributed by atoms with Crippen LogP contribution in [0.15, 0.2) is 0 Å². The third-order valence-corrected chi connectivity index (χ3v) is 2.28. The Balaban J connectivity index is 3.22. The molecule has 3 nitrogen and oxygen atoms in total. The Morgan fingerprint density at radius 1 is 1.23 bits per heavy atom. The molecule has 0 aliphatic heterocycles. The van der Waals surface area contributed by atoms with Gasteiger partial charge in [0.1, 0.15) is 4.64 Å². The highest BCUT2D eigenvalue weighted by atomic mass is 32.1. The number of aromatic amines is 2. The molecule has 0 atom stereocenters. The summed E-state index contributed by atoms with van der Waals surface area (Å²) in [7, 11) is 4.02. The summed E-state index contributed by atoms with van der Waals surface area (Å²) in [6.45, 7) is 2.81. The quantitative estimate of drug-likeness (QED) is 0.742. The van der Waals surface area contributed by atoms with Gasteiger partial charge in [0.05, 0.1) is 0 Å². The van der Waals surface area contributed by atoms with Crippen LogP contribution in [0, 0.1) is 16.3 Å². The van der Waals surface area contributed by atoms with Crippen LogP contribution in [0.4, 0.5) is 0 Å². The topological polar surface area (TPSA) is 34.8 Å². The van der Waals surface area contributed by atoms with Gasteiger partial charge < -0.3 is 14.9 Å². The molecule has 0 bridgehead atoms. The van der Waals surface area contributed by atoms with Gasteiger partial charge in [-0.15, -0.1) is 0 Å². The summed E-state index contributed by atoms with van der Waals surface area (Å²) < 4.78 is 1.32. The normalized spacial score (nSPS) is 10.8.